The van der Waals surface area contributed by atoms with E-state index >= 15 is 0 Å². The fourth-order valence-corrected chi connectivity index (χ4v) is 2.22. The van der Waals surface area contributed by atoms with Crippen molar-refractivity contribution >= 4 is 5.97 Å². The summed E-state index contributed by atoms with van der Waals surface area (Å²) in [7, 11) is 1.56. The molecule has 0 saturated carbocycles. The summed E-state index contributed by atoms with van der Waals surface area (Å²) in [5, 5.41) is 12.6. The number of hydrogen-bond acceptors (Lipinski definition) is 3. The largest absolute Gasteiger partial charge is 0.497 e. The highest BCUT2D eigenvalue weighted by Gasteiger charge is 2.22. The number of carboxylic acid groups (broad SMARTS) is 1. The van der Waals surface area contributed by atoms with Crippen molar-refractivity contribution in [2.45, 2.75) is 19.0 Å². The Labute approximate surface area is 124 Å². The highest BCUT2D eigenvalue weighted by Crippen LogP contribution is 2.23. The summed E-state index contributed by atoms with van der Waals surface area (Å²) in [4.78, 5) is 11.6. The molecule has 2 N–H and O–H groups in total. The lowest BCUT2D eigenvalue weighted by Gasteiger charge is -2.21. The number of methoxy groups -OCH3 is 1. The molecule has 0 radical (unpaired) electrons. The average molecular weight is 285 g/mol. The van der Waals surface area contributed by atoms with Crippen LogP contribution >= 0.6 is 0 Å². The first-order valence-electron chi connectivity index (χ1n) is 6.79. The fourth-order valence-electron chi connectivity index (χ4n) is 2.22. The van der Waals surface area contributed by atoms with Gasteiger partial charge >= 0.3 is 5.97 Å². The lowest BCUT2D eigenvalue weighted by Crippen LogP contribution is -2.30. The third kappa shape index (κ3) is 3.83. The molecule has 0 aliphatic carbocycles. The molecule has 0 bridgehead atoms. The molecule has 0 amide bonds. The predicted molar refractivity (Wildman–Crippen MR) is 81.4 cm³/mol. The smallest absolute Gasteiger partial charge is 0.325 e. The summed E-state index contributed by atoms with van der Waals surface area (Å²) in [5.41, 5.74) is 1.72. The molecule has 4 heteroatoms. The van der Waals surface area contributed by atoms with Crippen LogP contribution < -0.4 is 10.1 Å². The first-order chi connectivity index (χ1) is 10.1. The van der Waals surface area contributed by atoms with Gasteiger partial charge in [0, 0.05) is 6.04 Å². The second-order valence-corrected chi connectivity index (χ2v) is 4.85. The second kappa shape index (κ2) is 6.90. The maximum atomic E-state index is 11.6. The molecular weight excluding hydrogens is 266 g/mol. The maximum Gasteiger partial charge on any atom is 0.325 e. The van der Waals surface area contributed by atoms with Crippen LogP contribution in [-0.4, -0.2) is 18.2 Å². The van der Waals surface area contributed by atoms with E-state index in [9.17, 15) is 9.90 Å². The number of carbonyl (C=O) groups is 1. The zero-order chi connectivity index (χ0) is 15.2. The van der Waals surface area contributed by atoms with E-state index in [1.807, 2.05) is 37.3 Å². The lowest BCUT2D eigenvalue weighted by atomic mass is 10.0. The van der Waals surface area contributed by atoms with Crippen molar-refractivity contribution in [2.75, 3.05) is 7.11 Å². The van der Waals surface area contributed by atoms with Crippen molar-refractivity contribution in [1.82, 2.24) is 5.32 Å². The molecule has 0 spiro atoms. The van der Waals surface area contributed by atoms with Crippen LogP contribution in [0.2, 0.25) is 0 Å². The van der Waals surface area contributed by atoms with Gasteiger partial charge in [-0.1, -0.05) is 42.5 Å². The first-order valence-corrected chi connectivity index (χ1v) is 6.79. The zero-order valence-electron chi connectivity index (χ0n) is 12.1. The molecule has 0 fully saturated rings. The van der Waals surface area contributed by atoms with Gasteiger partial charge in [0.2, 0.25) is 0 Å². The van der Waals surface area contributed by atoms with E-state index in [1.165, 1.54) is 0 Å². The van der Waals surface area contributed by atoms with Gasteiger partial charge in [0.25, 0.3) is 0 Å². The molecule has 110 valence electrons. The van der Waals surface area contributed by atoms with Gasteiger partial charge in [-0.3, -0.25) is 10.1 Å². The molecule has 0 aromatic heterocycles. The van der Waals surface area contributed by atoms with Crippen molar-refractivity contribution < 1.29 is 14.6 Å². The van der Waals surface area contributed by atoms with Crippen LogP contribution in [-0.2, 0) is 4.79 Å². The van der Waals surface area contributed by atoms with Crippen LogP contribution in [0.4, 0.5) is 0 Å². The number of benzene rings is 2. The van der Waals surface area contributed by atoms with Crippen LogP contribution in [0.5, 0.6) is 5.75 Å². The minimum absolute atomic E-state index is 0.0708. The second-order valence-electron chi connectivity index (χ2n) is 4.85. The predicted octanol–water partition coefficient (Wildman–Crippen LogP) is 3.17. The van der Waals surface area contributed by atoms with Gasteiger partial charge in [0.05, 0.1) is 7.11 Å². The van der Waals surface area contributed by atoms with Crippen molar-refractivity contribution in [1.29, 1.82) is 0 Å². The molecule has 21 heavy (non-hydrogen) atoms. The van der Waals surface area contributed by atoms with Crippen molar-refractivity contribution in [3.8, 4) is 5.75 Å². The van der Waals surface area contributed by atoms with Crippen molar-refractivity contribution in [2.24, 2.45) is 0 Å². The third-order valence-electron chi connectivity index (χ3n) is 3.39. The Balaban J connectivity index is 2.21. The molecule has 2 rings (SSSR count). The van der Waals surface area contributed by atoms with Gasteiger partial charge in [-0.25, -0.2) is 0 Å². The third-order valence-corrected chi connectivity index (χ3v) is 3.39. The highest BCUT2D eigenvalue weighted by molar-refractivity contribution is 5.75. The van der Waals surface area contributed by atoms with Crippen LogP contribution in [0, 0.1) is 0 Å². The van der Waals surface area contributed by atoms with Gasteiger partial charge in [-0.05, 0) is 30.2 Å². The summed E-state index contributed by atoms with van der Waals surface area (Å²) >= 11 is 0. The van der Waals surface area contributed by atoms with E-state index in [2.05, 4.69) is 5.32 Å². The van der Waals surface area contributed by atoms with E-state index in [-0.39, 0.29) is 6.04 Å². The first kappa shape index (κ1) is 15.1. The standard InChI is InChI=1S/C17H19NO3/c1-12(13-7-4-3-5-8-13)18-16(17(19)20)14-9-6-10-15(11-14)21-2/h3-12,16,18H,1-2H3,(H,19,20). The zero-order valence-corrected chi connectivity index (χ0v) is 12.1. The minimum Gasteiger partial charge on any atom is -0.497 e. The van der Waals surface area contributed by atoms with E-state index in [0.717, 1.165) is 5.56 Å². The van der Waals surface area contributed by atoms with Crippen LogP contribution in [0.3, 0.4) is 0 Å². The quantitative estimate of drug-likeness (QED) is 0.856. The van der Waals surface area contributed by atoms with Crippen LogP contribution in [0.25, 0.3) is 0 Å². The minimum atomic E-state index is -0.911. The maximum absolute atomic E-state index is 11.6. The highest BCUT2D eigenvalue weighted by atomic mass is 16.5. The monoisotopic (exact) mass is 285 g/mol. The van der Waals surface area contributed by atoms with Crippen LogP contribution in [0.1, 0.15) is 30.1 Å². The van der Waals surface area contributed by atoms with Gasteiger partial charge < -0.3 is 9.84 Å². The van der Waals surface area contributed by atoms with Gasteiger partial charge in [0.15, 0.2) is 0 Å². The molecule has 0 saturated heterocycles. The number of nitrogens with one attached hydrogen (secondary N) is 1. The number of ether oxygens (including phenoxy) is 1. The van der Waals surface area contributed by atoms with Crippen LogP contribution in [0.15, 0.2) is 54.6 Å². The summed E-state index contributed by atoms with van der Waals surface area (Å²) < 4.78 is 5.15. The SMILES string of the molecule is COc1cccc(C(NC(C)c2ccccc2)C(=O)O)c1. The van der Waals surface area contributed by atoms with Gasteiger partial charge in [0.1, 0.15) is 11.8 Å². The Hall–Kier alpha value is -2.33. The van der Waals surface area contributed by atoms with E-state index in [1.54, 1.807) is 31.4 Å². The number of rotatable bonds is 6. The molecule has 0 aliphatic rings. The Morgan fingerprint density at radius 2 is 1.76 bits per heavy atom. The van der Waals surface area contributed by atoms with Crippen molar-refractivity contribution in [3.05, 3.63) is 65.7 Å². The molecular formula is C17H19NO3. The Kier molecular flexibility index (Phi) is 4.95. The van der Waals surface area contributed by atoms with E-state index < -0.39 is 12.0 Å². The van der Waals surface area contributed by atoms with Gasteiger partial charge in [-0.15, -0.1) is 0 Å². The summed E-state index contributed by atoms with van der Waals surface area (Å²) in [6.45, 7) is 1.95. The molecule has 0 heterocycles. The average Bonchev–Trinajstić information content (AvgIpc) is 2.53. The summed E-state index contributed by atoms with van der Waals surface area (Å²) in [6, 6.07) is 16.0. The summed E-state index contributed by atoms with van der Waals surface area (Å²) in [6.07, 6.45) is 0. The summed E-state index contributed by atoms with van der Waals surface area (Å²) in [5.74, 6) is -0.265. The molecule has 2 unspecified atom stereocenters. The number of carboxylic acids is 1. The Bertz CT molecular complexity index is 598. The van der Waals surface area contributed by atoms with E-state index in [4.69, 9.17) is 4.74 Å². The number of hydrogen-bond donors (Lipinski definition) is 2. The van der Waals surface area contributed by atoms with Gasteiger partial charge in [-0.2, -0.15) is 0 Å². The lowest BCUT2D eigenvalue weighted by molar-refractivity contribution is -0.139. The number of aliphatic carboxylic acids is 1. The Morgan fingerprint density at radius 3 is 2.38 bits per heavy atom. The molecule has 2 atom stereocenters. The Morgan fingerprint density at radius 1 is 1.10 bits per heavy atom. The fraction of sp³-hybridized carbons (Fsp3) is 0.235. The van der Waals surface area contributed by atoms with Crippen molar-refractivity contribution in [3.63, 3.8) is 0 Å². The molecule has 0 aliphatic heterocycles. The van der Waals surface area contributed by atoms with E-state index in [0.29, 0.717) is 11.3 Å². The molecule has 2 aromatic rings. The topological polar surface area (TPSA) is 58.6 Å². The normalized spacial score (nSPS) is 13.4. The molecule has 4 nitrogen and oxygen atoms in total. The molecule has 2 aromatic carbocycles.